The van der Waals surface area contributed by atoms with Crippen LogP contribution in [0.3, 0.4) is 0 Å². The van der Waals surface area contributed by atoms with E-state index in [1.165, 1.54) is 5.57 Å². The van der Waals surface area contributed by atoms with Crippen LogP contribution in [0.15, 0.2) is 11.6 Å². The van der Waals surface area contributed by atoms with Crippen molar-refractivity contribution in [1.29, 1.82) is 0 Å². The monoisotopic (exact) mass is 295 g/mol. The maximum absolute atomic E-state index is 12.1. The molecule has 0 aromatic heterocycles. The quantitative estimate of drug-likeness (QED) is 0.750. The summed E-state index contributed by atoms with van der Waals surface area (Å²) in [6.07, 6.45) is 4.73. The standard InChI is InChI=1S/C15H25N3O3/c1-3-17(10-14(19)20)13-8-12(9-13)16-15(21)18-6-4-11(2)5-7-18/h4,12-13H,3,5-10H2,1-2H3,(H,16,21)(H,19,20). The summed E-state index contributed by atoms with van der Waals surface area (Å²) >= 11 is 0. The SMILES string of the molecule is CCN(CC(=O)O)C1CC(NC(=O)N2CC=C(C)CC2)C1. The van der Waals surface area contributed by atoms with Crippen LogP contribution in [0.25, 0.3) is 0 Å². The molecule has 0 spiro atoms. The summed E-state index contributed by atoms with van der Waals surface area (Å²) in [5, 5.41) is 11.9. The van der Waals surface area contributed by atoms with Crippen molar-refractivity contribution in [2.24, 2.45) is 0 Å². The van der Waals surface area contributed by atoms with E-state index < -0.39 is 5.97 Å². The number of hydrogen-bond donors (Lipinski definition) is 2. The molecule has 118 valence electrons. The van der Waals surface area contributed by atoms with Gasteiger partial charge in [0.05, 0.1) is 6.54 Å². The largest absolute Gasteiger partial charge is 0.480 e. The second-order valence-corrected chi connectivity index (χ2v) is 5.97. The van der Waals surface area contributed by atoms with Crippen LogP contribution >= 0.6 is 0 Å². The number of carboxylic acids is 1. The number of aliphatic carboxylic acids is 1. The molecule has 0 unspecified atom stereocenters. The lowest BCUT2D eigenvalue weighted by Gasteiger charge is -2.43. The maximum atomic E-state index is 12.1. The molecule has 2 amide bonds. The molecule has 6 nitrogen and oxygen atoms in total. The molecule has 0 aromatic rings. The Morgan fingerprint density at radius 1 is 1.48 bits per heavy atom. The first kappa shape index (κ1) is 15.8. The number of urea groups is 1. The number of nitrogens with zero attached hydrogens (tertiary/aromatic N) is 2. The molecule has 0 bridgehead atoms. The van der Waals surface area contributed by atoms with Crippen molar-refractivity contribution in [3.63, 3.8) is 0 Å². The molecule has 1 fully saturated rings. The molecule has 2 aliphatic rings. The zero-order valence-electron chi connectivity index (χ0n) is 12.8. The van der Waals surface area contributed by atoms with Crippen LogP contribution in [0.4, 0.5) is 4.79 Å². The third-order valence-electron chi connectivity index (χ3n) is 4.43. The molecule has 21 heavy (non-hydrogen) atoms. The third-order valence-corrected chi connectivity index (χ3v) is 4.43. The summed E-state index contributed by atoms with van der Waals surface area (Å²) < 4.78 is 0. The smallest absolute Gasteiger partial charge is 0.317 e. The Labute approximate surface area is 125 Å². The molecule has 1 aliphatic heterocycles. The van der Waals surface area contributed by atoms with Crippen LogP contribution in [-0.2, 0) is 4.79 Å². The number of carbonyl (C=O) groups is 2. The fraction of sp³-hybridized carbons (Fsp3) is 0.733. The fourth-order valence-electron chi connectivity index (χ4n) is 2.90. The van der Waals surface area contributed by atoms with Crippen molar-refractivity contribution in [3.8, 4) is 0 Å². The minimum absolute atomic E-state index is 0.00323. The Morgan fingerprint density at radius 3 is 2.71 bits per heavy atom. The Hall–Kier alpha value is -1.56. The predicted molar refractivity (Wildman–Crippen MR) is 80.2 cm³/mol. The summed E-state index contributed by atoms with van der Waals surface area (Å²) in [5.74, 6) is -0.792. The average Bonchev–Trinajstić information content (AvgIpc) is 2.40. The molecular formula is C15H25N3O3. The lowest BCUT2D eigenvalue weighted by molar-refractivity contribution is -0.139. The van der Waals surface area contributed by atoms with Crippen LogP contribution < -0.4 is 5.32 Å². The van der Waals surface area contributed by atoms with E-state index in [0.717, 1.165) is 32.4 Å². The number of amides is 2. The predicted octanol–water partition coefficient (Wildman–Crippen LogP) is 1.29. The number of carboxylic acid groups (broad SMARTS) is 1. The molecule has 0 aromatic carbocycles. The molecule has 0 atom stereocenters. The molecule has 1 heterocycles. The molecule has 6 heteroatoms. The zero-order valence-corrected chi connectivity index (χ0v) is 12.8. The topological polar surface area (TPSA) is 72.9 Å². The Bertz CT molecular complexity index is 430. The van der Waals surface area contributed by atoms with E-state index >= 15 is 0 Å². The van der Waals surface area contributed by atoms with E-state index in [9.17, 15) is 9.59 Å². The summed E-state index contributed by atoms with van der Waals surface area (Å²) in [6.45, 7) is 6.34. The minimum Gasteiger partial charge on any atom is -0.480 e. The van der Waals surface area contributed by atoms with Gasteiger partial charge in [0.25, 0.3) is 0 Å². The highest BCUT2D eigenvalue weighted by Gasteiger charge is 2.35. The Morgan fingerprint density at radius 2 is 2.19 bits per heavy atom. The fourth-order valence-corrected chi connectivity index (χ4v) is 2.90. The number of nitrogens with one attached hydrogen (secondary N) is 1. The van der Waals surface area contributed by atoms with E-state index in [1.807, 2.05) is 16.7 Å². The first-order chi connectivity index (χ1) is 9.99. The van der Waals surface area contributed by atoms with E-state index in [2.05, 4.69) is 18.3 Å². The van der Waals surface area contributed by atoms with Gasteiger partial charge in [-0.15, -0.1) is 0 Å². The maximum Gasteiger partial charge on any atom is 0.317 e. The van der Waals surface area contributed by atoms with Gasteiger partial charge in [-0.1, -0.05) is 18.6 Å². The number of rotatable bonds is 5. The van der Waals surface area contributed by atoms with Gasteiger partial charge in [-0.05, 0) is 32.7 Å². The van der Waals surface area contributed by atoms with Crippen molar-refractivity contribution in [2.45, 2.75) is 45.2 Å². The average molecular weight is 295 g/mol. The van der Waals surface area contributed by atoms with Crippen LogP contribution in [0.2, 0.25) is 0 Å². The van der Waals surface area contributed by atoms with E-state index in [1.54, 1.807) is 0 Å². The Balaban J connectivity index is 1.72. The van der Waals surface area contributed by atoms with Crippen molar-refractivity contribution in [3.05, 3.63) is 11.6 Å². The third kappa shape index (κ3) is 4.20. The van der Waals surface area contributed by atoms with Gasteiger partial charge in [0, 0.05) is 25.2 Å². The van der Waals surface area contributed by atoms with Gasteiger partial charge in [0.1, 0.15) is 0 Å². The second-order valence-electron chi connectivity index (χ2n) is 5.97. The first-order valence-corrected chi connectivity index (χ1v) is 7.66. The summed E-state index contributed by atoms with van der Waals surface area (Å²) in [5.41, 5.74) is 1.34. The summed E-state index contributed by atoms with van der Waals surface area (Å²) in [4.78, 5) is 26.7. The van der Waals surface area contributed by atoms with E-state index in [4.69, 9.17) is 5.11 Å². The van der Waals surface area contributed by atoms with Gasteiger partial charge in [-0.3, -0.25) is 9.69 Å². The molecule has 1 saturated carbocycles. The molecule has 0 radical (unpaired) electrons. The summed E-state index contributed by atoms with van der Waals surface area (Å²) in [6, 6.07) is 0.459. The van der Waals surface area contributed by atoms with Crippen LogP contribution in [0.1, 0.15) is 33.1 Å². The van der Waals surface area contributed by atoms with Crippen LogP contribution in [0.5, 0.6) is 0 Å². The van der Waals surface area contributed by atoms with E-state index in [-0.39, 0.29) is 24.7 Å². The van der Waals surface area contributed by atoms with E-state index in [0.29, 0.717) is 6.54 Å². The van der Waals surface area contributed by atoms with Crippen molar-refractivity contribution >= 4 is 12.0 Å². The van der Waals surface area contributed by atoms with Gasteiger partial charge >= 0.3 is 12.0 Å². The highest BCUT2D eigenvalue weighted by molar-refractivity contribution is 5.75. The minimum atomic E-state index is -0.792. The molecular weight excluding hydrogens is 270 g/mol. The zero-order chi connectivity index (χ0) is 15.4. The summed E-state index contributed by atoms with van der Waals surface area (Å²) in [7, 11) is 0. The molecule has 2 N–H and O–H groups in total. The van der Waals surface area contributed by atoms with Crippen molar-refractivity contribution < 1.29 is 14.7 Å². The highest BCUT2D eigenvalue weighted by Crippen LogP contribution is 2.25. The highest BCUT2D eigenvalue weighted by atomic mass is 16.4. The molecule has 1 aliphatic carbocycles. The van der Waals surface area contributed by atoms with Gasteiger partial charge in [0.15, 0.2) is 0 Å². The normalized spacial score (nSPS) is 25.3. The van der Waals surface area contributed by atoms with Gasteiger partial charge in [-0.2, -0.15) is 0 Å². The Kier molecular flexibility index (Phi) is 5.22. The lowest BCUT2D eigenvalue weighted by atomic mass is 9.85. The van der Waals surface area contributed by atoms with Crippen LogP contribution in [0, 0.1) is 0 Å². The molecule has 0 saturated heterocycles. The number of likely N-dealkylation sites (N-methyl/N-ethyl adjacent to an activating group) is 1. The van der Waals surface area contributed by atoms with Gasteiger partial charge in [0.2, 0.25) is 0 Å². The van der Waals surface area contributed by atoms with Crippen LogP contribution in [-0.4, -0.2) is 65.2 Å². The van der Waals surface area contributed by atoms with Crippen molar-refractivity contribution in [2.75, 3.05) is 26.2 Å². The van der Waals surface area contributed by atoms with Gasteiger partial charge < -0.3 is 15.3 Å². The number of hydrogen-bond acceptors (Lipinski definition) is 3. The molecule has 2 rings (SSSR count). The van der Waals surface area contributed by atoms with Gasteiger partial charge in [-0.25, -0.2) is 4.79 Å². The second kappa shape index (κ2) is 6.93. The lowest BCUT2D eigenvalue weighted by Crippen LogP contribution is -2.57. The first-order valence-electron chi connectivity index (χ1n) is 7.66. The van der Waals surface area contributed by atoms with Crippen molar-refractivity contribution in [1.82, 2.24) is 15.1 Å². The number of carbonyl (C=O) groups excluding carboxylic acids is 1.